The zero-order valence-electron chi connectivity index (χ0n) is 10.0. The van der Waals surface area contributed by atoms with Gasteiger partial charge in [0.25, 0.3) is 0 Å². The largest absolute Gasteiger partial charge is 0.441 e. The van der Waals surface area contributed by atoms with E-state index in [9.17, 15) is 4.79 Å². The summed E-state index contributed by atoms with van der Waals surface area (Å²) in [5, 5.41) is 0.231. The standard InChI is InChI=1S/C14H13ClO2/c1-8-6-10(3)11(7-9(8)2)14(16)12-4-5-13(15)17-12/h4-7H,1-3H3. The van der Waals surface area contributed by atoms with Gasteiger partial charge in [0.05, 0.1) is 0 Å². The highest BCUT2D eigenvalue weighted by molar-refractivity contribution is 6.29. The molecule has 0 aliphatic carbocycles. The Morgan fingerprint density at radius 1 is 1.06 bits per heavy atom. The molecule has 0 N–H and O–H groups in total. The van der Waals surface area contributed by atoms with E-state index in [1.807, 2.05) is 32.9 Å². The number of ketones is 1. The molecule has 0 radical (unpaired) electrons. The van der Waals surface area contributed by atoms with Crippen LogP contribution in [0.1, 0.15) is 32.8 Å². The van der Waals surface area contributed by atoms with E-state index in [-0.39, 0.29) is 16.8 Å². The lowest BCUT2D eigenvalue weighted by Gasteiger charge is -2.07. The summed E-state index contributed by atoms with van der Waals surface area (Å²) in [7, 11) is 0. The number of hydrogen-bond donors (Lipinski definition) is 0. The minimum Gasteiger partial charge on any atom is -0.441 e. The highest BCUT2D eigenvalue weighted by atomic mass is 35.5. The van der Waals surface area contributed by atoms with E-state index in [2.05, 4.69) is 0 Å². The maximum atomic E-state index is 12.2. The molecule has 0 saturated carbocycles. The van der Waals surface area contributed by atoms with Crippen LogP contribution in [0.25, 0.3) is 0 Å². The minimum absolute atomic E-state index is 0.127. The summed E-state index contributed by atoms with van der Waals surface area (Å²) >= 11 is 5.67. The van der Waals surface area contributed by atoms with Crippen molar-refractivity contribution in [3.63, 3.8) is 0 Å². The van der Waals surface area contributed by atoms with Crippen LogP contribution < -0.4 is 0 Å². The Bertz CT molecular complexity index is 582. The van der Waals surface area contributed by atoms with Crippen molar-refractivity contribution in [1.82, 2.24) is 0 Å². The van der Waals surface area contributed by atoms with E-state index in [0.29, 0.717) is 5.56 Å². The minimum atomic E-state index is -0.127. The lowest BCUT2D eigenvalue weighted by Crippen LogP contribution is -2.03. The van der Waals surface area contributed by atoms with Gasteiger partial charge in [0.15, 0.2) is 11.0 Å². The van der Waals surface area contributed by atoms with Gasteiger partial charge in [-0.3, -0.25) is 4.79 Å². The molecule has 2 rings (SSSR count). The van der Waals surface area contributed by atoms with E-state index < -0.39 is 0 Å². The second-order valence-electron chi connectivity index (χ2n) is 4.18. The molecule has 3 heteroatoms. The average Bonchev–Trinajstić information content (AvgIpc) is 2.69. The van der Waals surface area contributed by atoms with Crippen molar-refractivity contribution >= 4 is 17.4 Å². The van der Waals surface area contributed by atoms with E-state index >= 15 is 0 Å². The van der Waals surface area contributed by atoms with E-state index in [1.54, 1.807) is 12.1 Å². The number of carbonyl (C=O) groups is 1. The first kappa shape index (κ1) is 11.9. The Morgan fingerprint density at radius 3 is 2.29 bits per heavy atom. The number of aryl methyl sites for hydroxylation is 3. The van der Waals surface area contributed by atoms with Crippen molar-refractivity contribution in [2.45, 2.75) is 20.8 Å². The fraction of sp³-hybridized carbons (Fsp3) is 0.214. The van der Waals surface area contributed by atoms with Gasteiger partial charge in [0.1, 0.15) is 0 Å². The lowest BCUT2D eigenvalue weighted by atomic mass is 9.97. The highest BCUT2D eigenvalue weighted by Crippen LogP contribution is 2.21. The molecule has 17 heavy (non-hydrogen) atoms. The molecule has 1 heterocycles. The second-order valence-corrected chi connectivity index (χ2v) is 4.56. The summed E-state index contributed by atoms with van der Waals surface area (Å²) in [6.45, 7) is 5.94. The average molecular weight is 249 g/mol. The molecule has 0 unspecified atom stereocenters. The van der Waals surface area contributed by atoms with Crippen LogP contribution in [0.3, 0.4) is 0 Å². The summed E-state index contributed by atoms with van der Waals surface area (Å²) < 4.78 is 5.14. The van der Waals surface area contributed by atoms with Crippen molar-refractivity contribution < 1.29 is 9.21 Å². The smallest absolute Gasteiger partial charge is 0.228 e. The zero-order chi connectivity index (χ0) is 12.6. The molecule has 2 aromatic rings. The van der Waals surface area contributed by atoms with Crippen molar-refractivity contribution in [2.24, 2.45) is 0 Å². The Hall–Kier alpha value is -1.54. The van der Waals surface area contributed by atoms with Crippen molar-refractivity contribution in [3.05, 3.63) is 57.5 Å². The van der Waals surface area contributed by atoms with Crippen molar-refractivity contribution in [2.75, 3.05) is 0 Å². The topological polar surface area (TPSA) is 30.2 Å². The van der Waals surface area contributed by atoms with Gasteiger partial charge < -0.3 is 4.42 Å². The Kier molecular flexibility index (Phi) is 3.07. The Balaban J connectivity index is 2.47. The van der Waals surface area contributed by atoms with Crippen LogP contribution in [-0.2, 0) is 0 Å². The molecule has 88 valence electrons. The maximum absolute atomic E-state index is 12.2. The molecule has 0 saturated heterocycles. The molecule has 0 atom stereocenters. The first-order valence-corrected chi connectivity index (χ1v) is 5.74. The SMILES string of the molecule is Cc1cc(C)c(C(=O)c2ccc(Cl)o2)cc1C. The van der Waals surface area contributed by atoms with Gasteiger partial charge in [0, 0.05) is 5.56 Å². The van der Waals surface area contributed by atoms with Crippen LogP contribution >= 0.6 is 11.6 Å². The van der Waals surface area contributed by atoms with Crippen LogP contribution in [0.4, 0.5) is 0 Å². The number of benzene rings is 1. The number of hydrogen-bond acceptors (Lipinski definition) is 2. The molecule has 1 aromatic carbocycles. The fourth-order valence-electron chi connectivity index (χ4n) is 1.77. The summed E-state index contributed by atoms with van der Waals surface area (Å²) in [6, 6.07) is 7.07. The molecule has 2 nitrogen and oxygen atoms in total. The third-order valence-electron chi connectivity index (χ3n) is 2.88. The van der Waals surface area contributed by atoms with Crippen molar-refractivity contribution in [3.8, 4) is 0 Å². The molecule has 0 aliphatic rings. The molecule has 0 bridgehead atoms. The van der Waals surface area contributed by atoms with Crippen molar-refractivity contribution in [1.29, 1.82) is 0 Å². The molecule has 0 fully saturated rings. The van der Waals surface area contributed by atoms with Gasteiger partial charge >= 0.3 is 0 Å². The quantitative estimate of drug-likeness (QED) is 0.750. The van der Waals surface area contributed by atoms with Gasteiger partial charge in [-0.05, 0) is 67.3 Å². The first-order chi connectivity index (χ1) is 7.99. The summed E-state index contributed by atoms with van der Waals surface area (Å²) in [4.78, 5) is 12.2. The van der Waals surface area contributed by atoms with Gasteiger partial charge in [0.2, 0.25) is 5.78 Å². The number of halogens is 1. The van der Waals surface area contributed by atoms with Crippen LogP contribution in [-0.4, -0.2) is 5.78 Å². The monoisotopic (exact) mass is 248 g/mol. The van der Waals surface area contributed by atoms with Crippen LogP contribution in [0.5, 0.6) is 0 Å². The summed E-state index contributed by atoms with van der Waals surface area (Å²) in [6.07, 6.45) is 0. The van der Waals surface area contributed by atoms with E-state index in [0.717, 1.165) is 11.1 Å². The van der Waals surface area contributed by atoms with Crippen LogP contribution in [0.2, 0.25) is 5.22 Å². The number of rotatable bonds is 2. The fourth-order valence-corrected chi connectivity index (χ4v) is 1.92. The van der Waals surface area contributed by atoms with Gasteiger partial charge in [-0.1, -0.05) is 6.07 Å². The maximum Gasteiger partial charge on any atom is 0.228 e. The number of furan rings is 1. The summed E-state index contributed by atoms with van der Waals surface area (Å²) in [5.41, 5.74) is 3.89. The highest BCUT2D eigenvalue weighted by Gasteiger charge is 2.16. The van der Waals surface area contributed by atoms with Crippen LogP contribution in [0.15, 0.2) is 28.7 Å². The third kappa shape index (κ3) is 2.27. The second kappa shape index (κ2) is 4.38. The van der Waals surface area contributed by atoms with E-state index in [1.165, 1.54) is 5.56 Å². The Morgan fingerprint density at radius 2 is 1.71 bits per heavy atom. The van der Waals surface area contributed by atoms with Gasteiger partial charge in [-0.2, -0.15) is 0 Å². The van der Waals surface area contributed by atoms with Gasteiger partial charge in [-0.15, -0.1) is 0 Å². The van der Waals surface area contributed by atoms with Crippen LogP contribution in [0, 0.1) is 20.8 Å². The molecular weight excluding hydrogens is 236 g/mol. The van der Waals surface area contributed by atoms with Gasteiger partial charge in [-0.25, -0.2) is 0 Å². The molecule has 0 amide bonds. The molecule has 0 aliphatic heterocycles. The number of carbonyl (C=O) groups excluding carboxylic acids is 1. The molecular formula is C14H13ClO2. The van der Waals surface area contributed by atoms with E-state index in [4.69, 9.17) is 16.0 Å². The summed E-state index contributed by atoms with van der Waals surface area (Å²) in [5.74, 6) is 0.152. The zero-order valence-corrected chi connectivity index (χ0v) is 10.8. The lowest BCUT2D eigenvalue weighted by molar-refractivity contribution is 0.101. The predicted molar refractivity (Wildman–Crippen MR) is 67.8 cm³/mol. The molecule has 1 aromatic heterocycles. The Labute approximate surface area is 105 Å². The normalized spacial score (nSPS) is 10.6. The molecule has 0 spiro atoms. The third-order valence-corrected chi connectivity index (χ3v) is 3.09. The first-order valence-electron chi connectivity index (χ1n) is 5.37. The predicted octanol–water partition coefficient (Wildman–Crippen LogP) is 4.09.